The van der Waals surface area contributed by atoms with E-state index in [1.807, 2.05) is 21.8 Å². The minimum absolute atomic E-state index is 0.0709. The highest BCUT2D eigenvalue weighted by Gasteiger charge is 2.32. The zero-order valence-electron chi connectivity index (χ0n) is 14.5. The topological polar surface area (TPSA) is 30.5 Å². The minimum Gasteiger partial charge on any atom is -0.467 e. The standard InChI is InChI=1S/C12H23B6NO2/c1-2-10(13,19-11(14,15)16)6-7-3-4-8-9(5-7)21-12(17,18)20-8/h3-5,19H,2,6,13-18H2,1H3. The summed E-state index contributed by atoms with van der Waals surface area (Å²) in [6.45, 7) is 2.23. The van der Waals surface area contributed by atoms with Crippen molar-refractivity contribution in [3.63, 3.8) is 0 Å². The summed E-state index contributed by atoms with van der Waals surface area (Å²) in [5.74, 6) is 1.69. The van der Waals surface area contributed by atoms with Crippen LogP contribution in [0.2, 0.25) is 0 Å². The number of nitrogens with one attached hydrogen (secondary N) is 1. The average molecular weight is 278 g/mol. The van der Waals surface area contributed by atoms with E-state index < -0.39 is 5.59 Å². The lowest BCUT2D eigenvalue weighted by molar-refractivity contribution is 0.0833. The van der Waals surface area contributed by atoms with Gasteiger partial charge < -0.3 is 14.8 Å². The first-order valence-electron chi connectivity index (χ1n) is 7.82. The van der Waals surface area contributed by atoms with Crippen LogP contribution in [-0.2, 0) is 6.42 Å². The molecule has 1 unspecified atom stereocenters. The summed E-state index contributed by atoms with van der Waals surface area (Å²) < 4.78 is 11.6. The van der Waals surface area contributed by atoms with Crippen LogP contribution in [0.5, 0.6) is 11.5 Å². The molecule has 0 fully saturated rings. The molecular formula is C12H23B6NO2. The molecule has 1 aliphatic heterocycles. The molecule has 0 amide bonds. The maximum atomic E-state index is 5.84. The van der Waals surface area contributed by atoms with Crippen molar-refractivity contribution in [2.75, 3.05) is 0 Å². The Morgan fingerprint density at radius 1 is 1.10 bits per heavy atom. The van der Waals surface area contributed by atoms with Gasteiger partial charge in [-0.2, -0.15) is 0 Å². The Morgan fingerprint density at radius 2 is 1.71 bits per heavy atom. The van der Waals surface area contributed by atoms with Gasteiger partial charge in [-0.1, -0.05) is 18.2 Å². The van der Waals surface area contributed by atoms with Gasteiger partial charge in [-0.05, 0) is 36.0 Å². The SMILES string of the molecule is BC(B)(B)NC(B)(CC)Cc1ccc2c(c1)OC(B)(B)O2. The van der Waals surface area contributed by atoms with Crippen molar-refractivity contribution < 1.29 is 9.47 Å². The van der Waals surface area contributed by atoms with E-state index in [1.54, 1.807) is 0 Å². The molecule has 0 bridgehead atoms. The lowest BCUT2D eigenvalue weighted by Gasteiger charge is -2.38. The van der Waals surface area contributed by atoms with Crippen molar-refractivity contribution in [1.29, 1.82) is 0 Å². The van der Waals surface area contributed by atoms with E-state index in [1.165, 1.54) is 5.56 Å². The van der Waals surface area contributed by atoms with Crippen LogP contribution in [0.15, 0.2) is 18.2 Å². The van der Waals surface area contributed by atoms with Gasteiger partial charge in [-0.15, -0.1) is 0 Å². The largest absolute Gasteiger partial charge is 0.467 e. The predicted molar refractivity (Wildman–Crippen MR) is 104 cm³/mol. The average Bonchev–Trinajstić information content (AvgIpc) is 2.59. The molecule has 0 saturated heterocycles. The van der Waals surface area contributed by atoms with Gasteiger partial charge in [0, 0.05) is 0 Å². The number of ether oxygens (including phenoxy) is 2. The number of fused-ring (bicyclic) bond motifs is 1. The molecule has 106 valence electrons. The molecule has 0 saturated carbocycles. The lowest BCUT2D eigenvalue weighted by atomic mass is 9.47. The predicted octanol–water partition coefficient (Wildman–Crippen LogP) is -4.28. The van der Waals surface area contributed by atoms with Crippen molar-refractivity contribution in [2.45, 2.75) is 36.0 Å². The van der Waals surface area contributed by atoms with E-state index in [9.17, 15) is 0 Å². The third-order valence-corrected chi connectivity index (χ3v) is 3.77. The summed E-state index contributed by atoms with van der Waals surface area (Å²) in [7, 11) is 12.8. The molecule has 1 atom stereocenters. The van der Waals surface area contributed by atoms with Gasteiger partial charge in [0.2, 0.25) is 0 Å². The van der Waals surface area contributed by atoms with Crippen molar-refractivity contribution in [3.05, 3.63) is 23.8 Å². The molecule has 0 radical (unpaired) electrons. The number of hydrogen-bond donors (Lipinski definition) is 1. The Bertz CT molecular complexity index is 533. The lowest BCUT2D eigenvalue weighted by Crippen LogP contribution is -2.60. The second kappa shape index (κ2) is 5.42. The van der Waals surface area contributed by atoms with E-state index in [-0.39, 0.29) is 10.7 Å². The fourth-order valence-electron chi connectivity index (χ4n) is 2.99. The maximum absolute atomic E-state index is 5.84. The van der Waals surface area contributed by atoms with E-state index >= 15 is 0 Å². The molecule has 21 heavy (non-hydrogen) atoms. The molecule has 3 nitrogen and oxygen atoms in total. The first-order valence-corrected chi connectivity index (χ1v) is 7.82. The summed E-state index contributed by atoms with van der Waals surface area (Å²) in [5, 5.41) is 3.84. The zero-order valence-corrected chi connectivity index (χ0v) is 14.5. The smallest absolute Gasteiger partial charge is 0.197 e. The quantitative estimate of drug-likeness (QED) is 0.553. The highest BCUT2D eigenvalue weighted by molar-refractivity contribution is 6.59. The molecule has 1 aromatic rings. The van der Waals surface area contributed by atoms with Crippen molar-refractivity contribution >= 4 is 47.1 Å². The van der Waals surface area contributed by atoms with Gasteiger partial charge in [0.05, 0.1) is 0 Å². The van der Waals surface area contributed by atoms with Crippen LogP contribution >= 0.6 is 0 Å². The van der Waals surface area contributed by atoms with Crippen LogP contribution in [0.3, 0.4) is 0 Å². The fourth-order valence-corrected chi connectivity index (χ4v) is 2.99. The van der Waals surface area contributed by atoms with Gasteiger partial charge in [0.25, 0.3) is 0 Å². The van der Waals surface area contributed by atoms with E-state index in [0.29, 0.717) is 0 Å². The van der Waals surface area contributed by atoms with Gasteiger partial charge in [0.1, 0.15) is 31.4 Å². The first-order chi connectivity index (χ1) is 9.52. The van der Waals surface area contributed by atoms with Crippen LogP contribution < -0.4 is 14.8 Å². The number of benzene rings is 1. The van der Waals surface area contributed by atoms with Crippen LogP contribution in [0.1, 0.15) is 18.9 Å². The molecule has 1 aromatic carbocycles. The summed E-state index contributed by atoms with van der Waals surface area (Å²) in [6.07, 6.45) is 2.04. The van der Waals surface area contributed by atoms with Crippen LogP contribution in [0.4, 0.5) is 0 Å². The number of hydrogen-bond acceptors (Lipinski definition) is 3. The molecule has 0 spiro atoms. The summed E-state index contributed by atoms with van der Waals surface area (Å²) in [5.41, 5.74) is 0.788. The third-order valence-electron chi connectivity index (χ3n) is 3.77. The van der Waals surface area contributed by atoms with Gasteiger partial charge in [-0.25, -0.2) is 0 Å². The van der Waals surface area contributed by atoms with Crippen molar-refractivity contribution in [1.82, 2.24) is 5.32 Å². The third kappa shape index (κ3) is 4.32. The molecule has 2 rings (SSSR count). The Balaban J connectivity index is 2.17. The minimum atomic E-state index is -0.557. The fraction of sp³-hybridized carbons (Fsp3) is 0.500. The van der Waals surface area contributed by atoms with E-state index in [2.05, 4.69) is 55.8 Å². The highest BCUT2D eigenvalue weighted by atomic mass is 16.7. The number of rotatable bonds is 5. The summed E-state index contributed by atoms with van der Waals surface area (Å²) in [4.78, 5) is 0. The Morgan fingerprint density at radius 3 is 2.29 bits per heavy atom. The second-order valence-electron chi connectivity index (χ2n) is 7.85. The van der Waals surface area contributed by atoms with Crippen molar-refractivity contribution in [2.24, 2.45) is 0 Å². The Hall–Kier alpha value is -0.830. The molecule has 1 N–H and O–H groups in total. The van der Waals surface area contributed by atoms with E-state index in [4.69, 9.17) is 9.47 Å². The van der Waals surface area contributed by atoms with Gasteiger partial charge in [0.15, 0.2) is 32.8 Å². The van der Waals surface area contributed by atoms with Crippen LogP contribution in [0.25, 0.3) is 0 Å². The summed E-state index contributed by atoms with van der Waals surface area (Å²) in [6, 6.07) is 6.27. The molecule has 0 aliphatic carbocycles. The van der Waals surface area contributed by atoms with Gasteiger partial charge >= 0.3 is 0 Å². The Kier molecular flexibility index (Phi) is 4.27. The molecule has 1 heterocycles. The van der Waals surface area contributed by atoms with E-state index in [0.717, 1.165) is 24.3 Å². The molecule has 1 aliphatic rings. The Labute approximate surface area is 133 Å². The molecular weight excluding hydrogens is 255 g/mol. The second-order valence-corrected chi connectivity index (χ2v) is 7.85. The normalized spacial score (nSPS) is 19.1. The monoisotopic (exact) mass is 279 g/mol. The van der Waals surface area contributed by atoms with Crippen molar-refractivity contribution in [3.8, 4) is 11.5 Å². The first kappa shape index (κ1) is 16.5. The van der Waals surface area contributed by atoms with Crippen LogP contribution in [0, 0.1) is 0 Å². The zero-order chi connectivity index (χ0) is 15.9. The highest BCUT2D eigenvalue weighted by Crippen LogP contribution is 2.38. The summed E-state index contributed by atoms with van der Waals surface area (Å²) >= 11 is 0. The molecule has 9 heteroatoms. The van der Waals surface area contributed by atoms with Crippen LogP contribution in [-0.4, -0.2) is 63.3 Å². The van der Waals surface area contributed by atoms with Gasteiger partial charge in [-0.3, -0.25) is 0 Å². The molecule has 0 aromatic heterocycles. The maximum Gasteiger partial charge on any atom is 0.197 e.